The molecule has 1 aromatic heterocycles. The first-order chi connectivity index (χ1) is 16.7. The summed E-state index contributed by atoms with van der Waals surface area (Å²) in [6.45, 7) is 3.79. The van der Waals surface area contributed by atoms with Crippen LogP contribution in [0, 0.1) is 22.9 Å². The highest BCUT2D eigenvalue weighted by molar-refractivity contribution is 7.80. The fourth-order valence-electron chi connectivity index (χ4n) is 3.30. The molecular formula is C23H19FN6O4S. The largest absolute Gasteiger partial charge is 0.487 e. The molecule has 1 amide bonds. The molecule has 0 unspecified atom stereocenters. The van der Waals surface area contributed by atoms with E-state index in [1.165, 1.54) is 29.1 Å². The molecule has 0 spiro atoms. The van der Waals surface area contributed by atoms with Gasteiger partial charge in [0.25, 0.3) is 5.91 Å². The normalized spacial score (nSPS) is 10.7. The Labute approximate surface area is 203 Å². The van der Waals surface area contributed by atoms with E-state index in [0.29, 0.717) is 22.4 Å². The van der Waals surface area contributed by atoms with E-state index in [1.54, 1.807) is 31.2 Å². The van der Waals surface area contributed by atoms with E-state index in [-0.39, 0.29) is 34.5 Å². The van der Waals surface area contributed by atoms with Crippen LogP contribution in [0.3, 0.4) is 0 Å². The Morgan fingerprint density at radius 1 is 1.14 bits per heavy atom. The second kappa shape index (κ2) is 9.81. The minimum Gasteiger partial charge on any atom is -0.487 e. The second-order valence-corrected chi connectivity index (χ2v) is 7.81. The number of hydrogen-bond donors (Lipinski definition) is 2. The average Bonchev–Trinajstić information content (AvgIpc) is 3.22. The van der Waals surface area contributed by atoms with E-state index in [1.807, 2.05) is 6.92 Å². The van der Waals surface area contributed by atoms with E-state index >= 15 is 0 Å². The van der Waals surface area contributed by atoms with Crippen molar-refractivity contribution >= 4 is 45.6 Å². The third-order valence-electron chi connectivity index (χ3n) is 4.98. The maximum atomic E-state index is 13.2. The number of hydrogen-bond acceptors (Lipinski definition) is 7. The van der Waals surface area contributed by atoms with Gasteiger partial charge in [0.1, 0.15) is 16.9 Å². The summed E-state index contributed by atoms with van der Waals surface area (Å²) >= 11 is 5.26. The first-order valence-electron chi connectivity index (χ1n) is 10.4. The number of aryl methyl sites for hydroxylation is 1. The van der Waals surface area contributed by atoms with E-state index in [0.717, 1.165) is 11.6 Å². The number of rotatable bonds is 6. The number of nitro groups is 1. The zero-order chi connectivity index (χ0) is 25.1. The van der Waals surface area contributed by atoms with Gasteiger partial charge in [-0.1, -0.05) is 0 Å². The maximum absolute atomic E-state index is 13.2. The topological polar surface area (TPSA) is 124 Å². The van der Waals surface area contributed by atoms with E-state index in [9.17, 15) is 19.3 Å². The van der Waals surface area contributed by atoms with Gasteiger partial charge in [-0.05, 0) is 80.2 Å². The SMILES string of the molecule is CCOc1ccc(C(=O)NC(=S)Nc2cc3nn(-c4ccc(F)cc4)nc3cc2C)cc1[N+](=O)[O-]. The van der Waals surface area contributed by atoms with Crippen molar-refractivity contribution in [3.63, 3.8) is 0 Å². The molecule has 0 atom stereocenters. The third-order valence-corrected chi connectivity index (χ3v) is 5.18. The van der Waals surface area contributed by atoms with Gasteiger partial charge in [-0.2, -0.15) is 4.80 Å². The van der Waals surface area contributed by atoms with Gasteiger partial charge in [-0.15, -0.1) is 10.2 Å². The fraction of sp³-hybridized carbons (Fsp3) is 0.130. The molecule has 0 saturated heterocycles. The minimum atomic E-state index is -0.616. The average molecular weight is 495 g/mol. The van der Waals surface area contributed by atoms with Crippen molar-refractivity contribution in [3.8, 4) is 11.4 Å². The van der Waals surface area contributed by atoms with E-state index in [4.69, 9.17) is 17.0 Å². The number of aromatic nitrogens is 3. The Morgan fingerprint density at radius 2 is 1.83 bits per heavy atom. The highest BCUT2D eigenvalue weighted by Gasteiger charge is 2.19. The van der Waals surface area contributed by atoms with Crippen LogP contribution >= 0.6 is 12.2 Å². The summed E-state index contributed by atoms with van der Waals surface area (Å²) in [5.74, 6) is -0.898. The van der Waals surface area contributed by atoms with Gasteiger partial charge in [0.2, 0.25) is 0 Å². The predicted molar refractivity (Wildman–Crippen MR) is 132 cm³/mol. The maximum Gasteiger partial charge on any atom is 0.311 e. The number of carbonyl (C=O) groups is 1. The van der Waals surface area contributed by atoms with Crippen LogP contribution in [0.5, 0.6) is 5.75 Å². The van der Waals surface area contributed by atoms with Crippen molar-refractivity contribution in [3.05, 3.63) is 81.7 Å². The zero-order valence-corrected chi connectivity index (χ0v) is 19.4. The number of amides is 1. The summed E-state index contributed by atoms with van der Waals surface area (Å²) in [6.07, 6.45) is 0. The molecule has 2 N–H and O–H groups in total. The Morgan fingerprint density at radius 3 is 2.49 bits per heavy atom. The summed E-state index contributed by atoms with van der Waals surface area (Å²) in [5, 5.41) is 25.6. The van der Waals surface area contributed by atoms with Gasteiger partial charge >= 0.3 is 5.69 Å². The lowest BCUT2D eigenvalue weighted by atomic mass is 10.1. The summed E-state index contributed by atoms with van der Waals surface area (Å²) in [6, 6.07) is 13.2. The molecular weight excluding hydrogens is 475 g/mol. The number of halogens is 1. The van der Waals surface area contributed by atoms with Gasteiger partial charge in [0.15, 0.2) is 10.9 Å². The summed E-state index contributed by atoms with van der Waals surface area (Å²) in [5.41, 5.74) is 2.89. The van der Waals surface area contributed by atoms with Crippen LogP contribution in [0.25, 0.3) is 16.7 Å². The van der Waals surface area contributed by atoms with Crippen LogP contribution in [0.1, 0.15) is 22.8 Å². The number of thiocarbonyl (C=S) groups is 1. The Bertz CT molecular complexity index is 1450. The van der Waals surface area contributed by atoms with Crippen LogP contribution < -0.4 is 15.4 Å². The highest BCUT2D eigenvalue weighted by atomic mass is 32.1. The van der Waals surface area contributed by atoms with Crippen LogP contribution in [0.2, 0.25) is 0 Å². The number of ether oxygens (including phenoxy) is 1. The number of carbonyl (C=O) groups excluding carboxylic acids is 1. The molecule has 0 aliphatic rings. The standard InChI is InChI=1S/C23H19FN6O4S/c1-3-34-21-9-4-14(11-20(21)30(32)33)22(31)26-23(35)25-17-12-19-18(10-13(17)2)27-29(28-19)16-7-5-15(24)6-8-16/h4-12H,3H2,1-2H3,(H2,25,26,31,35). The molecule has 4 rings (SSSR count). The summed E-state index contributed by atoms with van der Waals surface area (Å²) in [4.78, 5) is 24.7. The van der Waals surface area contributed by atoms with Gasteiger partial charge in [0, 0.05) is 17.3 Å². The summed E-state index contributed by atoms with van der Waals surface area (Å²) in [7, 11) is 0. The van der Waals surface area contributed by atoms with E-state index in [2.05, 4.69) is 20.8 Å². The lowest BCUT2D eigenvalue weighted by Gasteiger charge is -2.12. The lowest BCUT2D eigenvalue weighted by Crippen LogP contribution is -2.34. The van der Waals surface area contributed by atoms with Crippen LogP contribution in [-0.4, -0.2) is 37.5 Å². The smallest absolute Gasteiger partial charge is 0.311 e. The Balaban J connectivity index is 1.51. The van der Waals surface area contributed by atoms with Crippen LogP contribution in [0.15, 0.2) is 54.6 Å². The molecule has 3 aromatic carbocycles. The van der Waals surface area contributed by atoms with Crippen molar-refractivity contribution in [2.45, 2.75) is 13.8 Å². The Kier molecular flexibility index (Phi) is 6.64. The molecule has 1 heterocycles. The molecule has 0 saturated carbocycles. The second-order valence-electron chi connectivity index (χ2n) is 7.40. The molecule has 0 bridgehead atoms. The molecule has 10 nitrogen and oxygen atoms in total. The minimum absolute atomic E-state index is 0.0000794. The van der Waals surface area contributed by atoms with Crippen LogP contribution in [0.4, 0.5) is 15.8 Å². The molecule has 178 valence electrons. The van der Waals surface area contributed by atoms with Crippen molar-refractivity contribution in [2.24, 2.45) is 0 Å². The molecule has 0 aliphatic heterocycles. The quantitative estimate of drug-likeness (QED) is 0.231. The molecule has 0 aliphatic carbocycles. The fourth-order valence-corrected chi connectivity index (χ4v) is 3.50. The predicted octanol–water partition coefficient (Wildman–Crippen LogP) is 4.30. The van der Waals surface area contributed by atoms with Crippen molar-refractivity contribution in [2.75, 3.05) is 11.9 Å². The van der Waals surface area contributed by atoms with Crippen molar-refractivity contribution < 1.29 is 18.8 Å². The first-order valence-corrected chi connectivity index (χ1v) is 10.8. The number of nitro benzene ring substituents is 1. The number of nitrogens with zero attached hydrogens (tertiary/aromatic N) is 4. The van der Waals surface area contributed by atoms with Gasteiger partial charge < -0.3 is 10.1 Å². The zero-order valence-electron chi connectivity index (χ0n) is 18.6. The third kappa shape index (κ3) is 5.22. The molecule has 35 heavy (non-hydrogen) atoms. The van der Waals surface area contributed by atoms with Crippen molar-refractivity contribution in [1.82, 2.24) is 20.3 Å². The molecule has 0 fully saturated rings. The van der Waals surface area contributed by atoms with E-state index < -0.39 is 10.8 Å². The monoisotopic (exact) mass is 494 g/mol. The van der Waals surface area contributed by atoms with Gasteiger partial charge in [-0.3, -0.25) is 20.2 Å². The number of fused-ring (bicyclic) bond motifs is 1. The summed E-state index contributed by atoms with van der Waals surface area (Å²) < 4.78 is 18.4. The number of benzene rings is 3. The highest BCUT2D eigenvalue weighted by Crippen LogP contribution is 2.28. The van der Waals surface area contributed by atoms with Crippen LogP contribution in [-0.2, 0) is 0 Å². The molecule has 4 aromatic rings. The Hall–Kier alpha value is -4.45. The lowest BCUT2D eigenvalue weighted by molar-refractivity contribution is -0.385. The molecule has 0 radical (unpaired) electrons. The number of anilines is 1. The van der Waals surface area contributed by atoms with Crippen molar-refractivity contribution in [1.29, 1.82) is 0 Å². The van der Waals surface area contributed by atoms with Gasteiger partial charge in [0.05, 0.1) is 17.2 Å². The first kappa shape index (κ1) is 23.7. The van der Waals surface area contributed by atoms with Gasteiger partial charge in [-0.25, -0.2) is 4.39 Å². The number of nitrogens with one attached hydrogen (secondary N) is 2. The molecule has 12 heteroatoms.